The quantitative estimate of drug-likeness (QED) is 0.316. The SMILES string of the molecule is CC.CC(C)(O)[C@H](F)CNC(=O)c1cnc(Nc2nc3scnc3cc2F)cc1NCC(F)(F)F. The second-order valence-electron chi connectivity index (χ2n) is 7.54. The molecule has 14 heteroatoms. The van der Waals surface area contributed by atoms with Crippen LogP contribution in [0.1, 0.15) is 38.1 Å². The number of anilines is 3. The van der Waals surface area contributed by atoms with Gasteiger partial charge >= 0.3 is 6.18 Å². The number of carbonyl (C=O) groups excluding carboxylic acids is 1. The highest BCUT2D eigenvalue weighted by Gasteiger charge is 2.29. The third-order valence-corrected chi connectivity index (χ3v) is 5.10. The standard InChI is InChI=1S/C19H19F5N6O2S.C2H6/c1-18(2,32)13(21)6-26-16(31)9-5-25-14(4-11(9)27-7-19(22,23)24)29-15-10(20)3-12-17(30-15)33-8-28-12;1-2/h3-5,8,13,32H,6-7H2,1-2H3,(H,26,31)(H2,25,27,29,30);1-2H3/t13-;/m1./s1. The number of amides is 1. The van der Waals surface area contributed by atoms with Gasteiger partial charge in [0.2, 0.25) is 0 Å². The first-order valence-corrected chi connectivity index (χ1v) is 11.3. The van der Waals surface area contributed by atoms with Gasteiger partial charge in [-0.25, -0.2) is 23.7 Å². The summed E-state index contributed by atoms with van der Waals surface area (Å²) in [6, 6.07) is 2.21. The van der Waals surface area contributed by atoms with Crippen molar-refractivity contribution < 1.29 is 31.9 Å². The molecule has 0 fully saturated rings. The van der Waals surface area contributed by atoms with E-state index >= 15 is 0 Å². The lowest BCUT2D eigenvalue weighted by molar-refractivity contribution is -0.115. The van der Waals surface area contributed by atoms with E-state index in [0.717, 1.165) is 29.7 Å². The average Bonchev–Trinajstić information content (AvgIpc) is 3.23. The molecule has 3 aromatic rings. The molecule has 0 aliphatic rings. The van der Waals surface area contributed by atoms with Gasteiger partial charge in [-0.1, -0.05) is 13.8 Å². The van der Waals surface area contributed by atoms with Gasteiger partial charge < -0.3 is 21.1 Å². The van der Waals surface area contributed by atoms with E-state index in [2.05, 4.69) is 30.9 Å². The van der Waals surface area contributed by atoms with E-state index in [9.17, 15) is 31.9 Å². The minimum atomic E-state index is -4.60. The van der Waals surface area contributed by atoms with Crippen LogP contribution in [0, 0.1) is 5.82 Å². The summed E-state index contributed by atoms with van der Waals surface area (Å²) in [6.07, 6.45) is -5.46. The molecule has 0 bridgehead atoms. The van der Waals surface area contributed by atoms with Crippen molar-refractivity contribution in [2.45, 2.75) is 45.6 Å². The van der Waals surface area contributed by atoms with E-state index < -0.39 is 42.8 Å². The molecule has 0 radical (unpaired) electrons. The van der Waals surface area contributed by atoms with Crippen molar-refractivity contribution >= 4 is 44.9 Å². The van der Waals surface area contributed by atoms with Crippen molar-refractivity contribution in [3.63, 3.8) is 0 Å². The molecule has 0 spiro atoms. The van der Waals surface area contributed by atoms with E-state index in [-0.39, 0.29) is 22.9 Å². The molecule has 1 atom stereocenters. The number of nitrogens with one attached hydrogen (secondary N) is 3. The molecule has 0 aliphatic heterocycles. The molecule has 3 heterocycles. The van der Waals surface area contributed by atoms with Gasteiger partial charge in [0.25, 0.3) is 5.91 Å². The Morgan fingerprint density at radius 2 is 1.89 bits per heavy atom. The second kappa shape index (κ2) is 11.5. The average molecular weight is 521 g/mol. The summed E-state index contributed by atoms with van der Waals surface area (Å²) in [5.41, 5.74) is -0.495. The van der Waals surface area contributed by atoms with Gasteiger partial charge in [0, 0.05) is 18.3 Å². The van der Waals surface area contributed by atoms with E-state index in [1.807, 2.05) is 13.8 Å². The topological polar surface area (TPSA) is 112 Å². The lowest BCUT2D eigenvalue weighted by Crippen LogP contribution is -2.42. The molecule has 0 saturated heterocycles. The number of aromatic nitrogens is 3. The first-order chi connectivity index (χ1) is 16.3. The van der Waals surface area contributed by atoms with Gasteiger partial charge in [-0.15, -0.1) is 11.3 Å². The fraction of sp³-hybridized carbons (Fsp3) is 0.429. The highest BCUT2D eigenvalue weighted by atomic mass is 32.1. The molecule has 0 unspecified atom stereocenters. The Morgan fingerprint density at radius 3 is 2.51 bits per heavy atom. The number of thiazole rings is 1. The summed E-state index contributed by atoms with van der Waals surface area (Å²) >= 11 is 1.16. The number of nitrogens with zero attached hydrogens (tertiary/aromatic N) is 3. The van der Waals surface area contributed by atoms with Crippen LogP contribution < -0.4 is 16.0 Å². The Morgan fingerprint density at radius 1 is 1.20 bits per heavy atom. The van der Waals surface area contributed by atoms with Gasteiger partial charge in [-0.2, -0.15) is 13.2 Å². The number of aliphatic hydroxyl groups is 1. The van der Waals surface area contributed by atoms with E-state index in [4.69, 9.17) is 0 Å². The van der Waals surface area contributed by atoms with Crippen LogP contribution in [0.2, 0.25) is 0 Å². The normalized spacial score (nSPS) is 12.5. The number of alkyl halides is 4. The minimum absolute atomic E-state index is 0.0913. The fourth-order valence-electron chi connectivity index (χ4n) is 2.56. The molecular formula is C21H25F5N6O2S. The zero-order chi connectivity index (χ0) is 26.4. The Hall–Kier alpha value is -3.13. The third-order valence-electron chi connectivity index (χ3n) is 4.36. The highest BCUT2D eigenvalue weighted by Crippen LogP contribution is 2.26. The van der Waals surface area contributed by atoms with Crippen molar-refractivity contribution in [2.75, 3.05) is 23.7 Å². The monoisotopic (exact) mass is 520 g/mol. The number of pyridine rings is 2. The fourth-order valence-corrected chi connectivity index (χ4v) is 3.20. The molecule has 0 aromatic carbocycles. The molecule has 192 valence electrons. The summed E-state index contributed by atoms with van der Waals surface area (Å²) in [7, 11) is 0. The minimum Gasteiger partial charge on any atom is -0.387 e. The first kappa shape index (κ1) is 28.1. The molecular weight excluding hydrogens is 495 g/mol. The number of carbonyl (C=O) groups is 1. The number of fused-ring (bicyclic) bond motifs is 1. The molecule has 35 heavy (non-hydrogen) atoms. The van der Waals surface area contributed by atoms with Crippen molar-refractivity contribution in [1.29, 1.82) is 0 Å². The maximum Gasteiger partial charge on any atom is 0.405 e. The molecule has 4 N–H and O–H groups in total. The molecule has 0 saturated carbocycles. The predicted octanol–water partition coefficient (Wildman–Crippen LogP) is 4.81. The molecule has 3 aromatic heterocycles. The van der Waals surface area contributed by atoms with Crippen molar-refractivity contribution in [3.05, 3.63) is 35.2 Å². The van der Waals surface area contributed by atoms with Crippen LogP contribution in [0.5, 0.6) is 0 Å². The number of hydrogen-bond acceptors (Lipinski definition) is 8. The number of hydrogen-bond donors (Lipinski definition) is 4. The Balaban J connectivity index is 0.00000210. The van der Waals surface area contributed by atoms with E-state index in [1.165, 1.54) is 19.4 Å². The van der Waals surface area contributed by atoms with Gasteiger partial charge in [-0.05, 0) is 13.8 Å². The van der Waals surface area contributed by atoms with Crippen LogP contribution in [0.25, 0.3) is 10.3 Å². The Labute approximate surface area is 202 Å². The lowest BCUT2D eigenvalue weighted by Gasteiger charge is -2.22. The van der Waals surface area contributed by atoms with Crippen molar-refractivity contribution in [2.24, 2.45) is 0 Å². The molecule has 3 rings (SSSR count). The molecule has 1 amide bonds. The summed E-state index contributed by atoms with van der Waals surface area (Å²) < 4.78 is 66.4. The summed E-state index contributed by atoms with van der Waals surface area (Å²) in [5, 5.41) is 16.5. The smallest absolute Gasteiger partial charge is 0.387 e. The summed E-state index contributed by atoms with van der Waals surface area (Å²) in [4.78, 5) is 24.8. The first-order valence-electron chi connectivity index (χ1n) is 10.5. The maximum atomic E-state index is 14.3. The third kappa shape index (κ3) is 7.96. The van der Waals surface area contributed by atoms with E-state index in [0.29, 0.717) is 10.3 Å². The van der Waals surface area contributed by atoms with Gasteiger partial charge in [-0.3, -0.25) is 4.79 Å². The summed E-state index contributed by atoms with van der Waals surface area (Å²) in [6.45, 7) is 4.37. The van der Waals surface area contributed by atoms with Crippen LogP contribution in [0.3, 0.4) is 0 Å². The number of rotatable bonds is 8. The van der Waals surface area contributed by atoms with Gasteiger partial charge in [0.05, 0.1) is 28.9 Å². The second-order valence-corrected chi connectivity index (χ2v) is 8.37. The van der Waals surface area contributed by atoms with Crippen LogP contribution in [-0.4, -0.2) is 57.0 Å². The van der Waals surface area contributed by atoms with E-state index in [1.54, 1.807) is 0 Å². The van der Waals surface area contributed by atoms with Crippen LogP contribution in [0.4, 0.5) is 39.3 Å². The highest BCUT2D eigenvalue weighted by molar-refractivity contribution is 7.16. The van der Waals surface area contributed by atoms with Crippen LogP contribution in [0.15, 0.2) is 23.8 Å². The van der Waals surface area contributed by atoms with Crippen LogP contribution in [-0.2, 0) is 0 Å². The van der Waals surface area contributed by atoms with Crippen LogP contribution >= 0.6 is 11.3 Å². The molecule has 8 nitrogen and oxygen atoms in total. The maximum absolute atomic E-state index is 14.3. The lowest BCUT2D eigenvalue weighted by atomic mass is 10.0. The summed E-state index contributed by atoms with van der Waals surface area (Å²) in [5.74, 6) is -2.00. The molecule has 0 aliphatic carbocycles. The predicted molar refractivity (Wildman–Crippen MR) is 124 cm³/mol. The van der Waals surface area contributed by atoms with Crippen molar-refractivity contribution in [1.82, 2.24) is 20.3 Å². The number of halogens is 5. The van der Waals surface area contributed by atoms with Gasteiger partial charge in [0.1, 0.15) is 28.9 Å². The Kier molecular flexibility index (Phi) is 9.26. The zero-order valence-corrected chi connectivity index (χ0v) is 20.1. The van der Waals surface area contributed by atoms with Gasteiger partial charge in [0.15, 0.2) is 11.6 Å². The van der Waals surface area contributed by atoms with Crippen molar-refractivity contribution in [3.8, 4) is 0 Å². The Bertz CT molecular complexity index is 1150. The zero-order valence-electron chi connectivity index (χ0n) is 19.3. The largest absolute Gasteiger partial charge is 0.405 e.